The number of likely N-dealkylation sites (N-methyl/N-ethyl adjacent to an activating group) is 1. The molecule has 0 amide bonds. The molecule has 0 saturated carbocycles. The molecule has 0 radical (unpaired) electrons. The molecule has 0 bridgehead atoms. The Morgan fingerprint density at radius 1 is 1.39 bits per heavy atom. The summed E-state index contributed by atoms with van der Waals surface area (Å²) in [5, 5.41) is 0.502. The van der Waals surface area contributed by atoms with Gasteiger partial charge in [-0.1, -0.05) is 11.6 Å². The van der Waals surface area contributed by atoms with Crippen molar-refractivity contribution in [3.05, 3.63) is 17.0 Å². The average Bonchev–Trinajstić information content (AvgIpc) is 2.73. The van der Waals surface area contributed by atoms with E-state index in [0.29, 0.717) is 17.0 Å². The van der Waals surface area contributed by atoms with E-state index >= 15 is 0 Å². The number of nitrogens with zero attached hydrogens (tertiary/aromatic N) is 4. The zero-order valence-corrected chi connectivity index (χ0v) is 11.4. The summed E-state index contributed by atoms with van der Waals surface area (Å²) in [6.45, 7) is 5.49. The van der Waals surface area contributed by atoms with Crippen LogP contribution in [0.15, 0.2) is 6.07 Å². The Balaban J connectivity index is 1.82. The standard InChI is InChI=1S/C12H17ClN4O/c1-8-14-11(13)5-12(15-8)17-6-9-10(7-17)18-4-3-16(9)2/h5,9-10H,3-4,6-7H2,1-2H3/t9-,10+/m0/s1. The minimum Gasteiger partial charge on any atom is -0.373 e. The number of aryl methyl sites for hydroxylation is 1. The Hall–Kier alpha value is -0.910. The second-order valence-electron chi connectivity index (χ2n) is 4.96. The molecule has 2 saturated heterocycles. The van der Waals surface area contributed by atoms with E-state index in [0.717, 1.165) is 32.1 Å². The predicted molar refractivity (Wildman–Crippen MR) is 70.2 cm³/mol. The first-order valence-corrected chi connectivity index (χ1v) is 6.59. The summed E-state index contributed by atoms with van der Waals surface area (Å²) >= 11 is 5.99. The van der Waals surface area contributed by atoms with E-state index in [4.69, 9.17) is 16.3 Å². The van der Waals surface area contributed by atoms with Gasteiger partial charge in [0.15, 0.2) is 0 Å². The van der Waals surface area contributed by atoms with E-state index in [9.17, 15) is 0 Å². The van der Waals surface area contributed by atoms with Gasteiger partial charge in [0.25, 0.3) is 0 Å². The third-order valence-corrected chi connectivity index (χ3v) is 3.89. The highest BCUT2D eigenvalue weighted by Gasteiger charge is 2.39. The van der Waals surface area contributed by atoms with Crippen LogP contribution in [-0.2, 0) is 4.74 Å². The molecule has 2 fully saturated rings. The van der Waals surface area contributed by atoms with Crippen LogP contribution in [0.25, 0.3) is 0 Å². The molecule has 2 atom stereocenters. The quantitative estimate of drug-likeness (QED) is 0.710. The third-order valence-electron chi connectivity index (χ3n) is 3.70. The van der Waals surface area contributed by atoms with Gasteiger partial charge >= 0.3 is 0 Å². The molecule has 98 valence electrons. The van der Waals surface area contributed by atoms with E-state index in [1.807, 2.05) is 13.0 Å². The monoisotopic (exact) mass is 268 g/mol. The molecule has 0 spiro atoms. The van der Waals surface area contributed by atoms with Crippen molar-refractivity contribution in [2.24, 2.45) is 0 Å². The van der Waals surface area contributed by atoms with Crippen LogP contribution in [-0.4, -0.2) is 60.3 Å². The molecule has 2 aliphatic rings. The van der Waals surface area contributed by atoms with E-state index in [2.05, 4.69) is 26.8 Å². The van der Waals surface area contributed by atoms with Crippen LogP contribution >= 0.6 is 11.6 Å². The summed E-state index contributed by atoms with van der Waals surface area (Å²) in [6.07, 6.45) is 0.276. The van der Waals surface area contributed by atoms with Gasteiger partial charge in [0, 0.05) is 25.7 Å². The zero-order chi connectivity index (χ0) is 12.7. The largest absolute Gasteiger partial charge is 0.373 e. The molecule has 0 aromatic carbocycles. The van der Waals surface area contributed by atoms with E-state index in [-0.39, 0.29) is 6.10 Å². The Morgan fingerprint density at radius 3 is 2.94 bits per heavy atom. The number of aromatic nitrogens is 2. The van der Waals surface area contributed by atoms with Crippen molar-refractivity contribution in [2.75, 3.05) is 38.2 Å². The highest BCUT2D eigenvalue weighted by atomic mass is 35.5. The molecule has 0 N–H and O–H groups in total. The lowest BCUT2D eigenvalue weighted by Crippen LogP contribution is -2.48. The summed E-state index contributed by atoms with van der Waals surface area (Å²) in [4.78, 5) is 13.2. The number of anilines is 1. The molecule has 3 heterocycles. The summed E-state index contributed by atoms with van der Waals surface area (Å²) < 4.78 is 5.82. The van der Waals surface area contributed by atoms with Crippen molar-refractivity contribution >= 4 is 17.4 Å². The molecule has 1 aromatic rings. The second-order valence-corrected chi connectivity index (χ2v) is 5.35. The molecule has 3 rings (SSSR count). The van der Waals surface area contributed by atoms with Gasteiger partial charge in [-0.05, 0) is 14.0 Å². The van der Waals surface area contributed by atoms with Crippen LogP contribution < -0.4 is 4.90 Å². The first-order valence-electron chi connectivity index (χ1n) is 6.21. The highest BCUT2D eigenvalue weighted by Crippen LogP contribution is 2.26. The maximum absolute atomic E-state index is 5.99. The lowest BCUT2D eigenvalue weighted by atomic mass is 10.1. The summed E-state index contributed by atoms with van der Waals surface area (Å²) in [6, 6.07) is 2.28. The minimum absolute atomic E-state index is 0.276. The summed E-state index contributed by atoms with van der Waals surface area (Å²) in [7, 11) is 2.15. The number of hydrogen-bond acceptors (Lipinski definition) is 5. The van der Waals surface area contributed by atoms with Crippen molar-refractivity contribution in [1.29, 1.82) is 0 Å². The molecule has 0 aliphatic carbocycles. The number of rotatable bonds is 1. The number of fused-ring (bicyclic) bond motifs is 1. The third kappa shape index (κ3) is 2.18. The van der Waals surface area contributed by atoms with Gasteiger partial charge in [-0.15, -0.1) is 0 Å². The fraction of sp³-hybridized carbons (Fsp3) is 0.667. The Bertz CT molecular complexity index is 435. The smallest absolute Gasteiger partial charge is 0.134 e. The Labute approximate surface area is 112 Å². The topological polar surface area (TPSA) is 41.5 Å². The van der Waals surface area contributed by atoms with Gasteiger partial charge in [0.2, 0.25) is 0 Å². The fourth-order valence-corrected chi connectivity index (χ4v) is 2.94. The van der Waals surface area contributed by atoms with Crippen molar-refractivity contribution in [3.63, 3.8) is 0 Å². The van der Waals surface area contributed by atoms with Gasteiger partial charge in [0.1, 0.15) is 16.8 Å². The lowest BCUT2D eigenvalue weighted by molar-refractivity contribution is -0.0362. The average molecular weight is 269 g/mol. The van der Waals surface area contributed by atoms with Crippen LogP contribution in [0.5, 0.6) is 0 Å². The number of hydrogen-bond donors (Lipinski definition) is 0. The lowest BCUT2D eigenvalue weighted by Gasteiger charge is -2.33. The Morgan fingerprint density at radius 2 is 2.22 bits per heavy atom. The van der Waals surface area contributed by atoms with Crippen molar-refractivity contribution in [1.82, 2.24) is 14.9 Å². The van der Waals surface area contributed by atoms with Gasteiger partial charge in [0.05, 0.1) is 18.8 Å². The van der Waals surface area contributed by atoms with Crippen molar-refractivity contribution in [2.45, 2.75) is 19.1 Å². The fourth-order valence-electron chi connectivity index (χ4n) is 2.72. The van der Waals surface area contributed by atoms with Crippen molar-refractivity contribution in [3.8, 4) is 0 Å². The van der Waals surface area contributed by atoms with E-state index < -0.39 is 0 Å². The first kappa shape index (κ1) is 12.1. The van der Waals surface area contributed by atoms with Gasteiger partial charge in [-0.3, -0.25) is 4.90 Å². The van der Waals surface area contributed by atoms with Crippen molar-refractivity contribution < 1.29 is 4.74 Å². The molecule has 18 heavy (non-hydrogen) atoms. The molecule has 5 nitrogen and oxygen atoms in total. The zero-order valence-electron chi connectivity index (χ0n) is 10.6. The molecular weight excluding hydrogens is 252 g/mol. The second kappa shape index (κ2) is 4.64. The Kier molecular flexibility index (Phi) is 3.13. The maximum Gasteiger partial charge on any atom is 0.134 e. The molecule has 0 unspecified atom stereocenters. The molecule has 2 aliphatic heterocycles. The van der Waals surface area contributed by atoms with Crippen LogP contribution in [0.4, 0.5) is 5.82 Å². The minimum atomic E-state index is 0.276. The number of halogens is 1. The van der Waals surface area contributed by atoms with Crippen LogP contribution in [0.2, 0.25) is 5.15 Å². The van der Waals surface area contributed by atoms with E-state index in [1.165, 1.54) is 0 Å². The van der Waals surface area contributed by atoms with Crippen LogP contribution in [0.1, 0.15) is 5.82 Å². The summed E-state index contributed by atoms with van der Waals surface area (Å²) in [5.74, 6) is 1.61. The number of morpholine rings is 1. The van der Waals surface area contributed by atoms with Gasteiger partial charge in [-0.25, -0.2) is 9.97 Å². The van der Waals surface area contributed by atoms with Crippen LogP contribution in [0, 0.1) is 6.92 Å². The molecular formula is C12H17ClN4O. The highest BCUT2D eigenvalue weighted by molar-refractivity contribution is 6.29. The number of ether oxygens (including phenoxy) is 1. The summed E-state index contributed by atoms with van der Waals surface area (Å²) in [5.41, 5.74) is 0. The van der Waals surface area contributed by atoms with Gasteiger partial charge < -0.3 is 9.64 Å². The molecule has 6 heteroatoms. The van der Waals surface area contributed by atoms with Crippen LogP contribution in [0.3, 0.4) is 0 Å². The normalized spacial score (nSPS) is 28.5. The van der Waals surface area contributed by atoms with E-state index in [1.54, 1.807) is 0 Å². The molecule has 1 aromatic heterocycles. The first-order chi connectivity index (χ1) is 8.63. The van der Waals surface area contributed by atoms with Gasteiger partial charge in [-0.2, -0.15) is 0 Å². The maximum atomic E-state index is 5.99. The SMILES string of the molecule is Cc1nc(Cl)cc(N2C[C@H]3OCCN(C)[C@H]3C2)n1. The predicted octanol–water partition coefficient (Wildman–Crippen LogP) is 0.958.